The van der Waals surface area contributed by atoms with Crippen LogP contribution in [-0.2, 0) is 4.74 Å². The highest BCUT2D eigenvalue weighted by atomic mass is 19.1. The Kier molecular flexibility index (Phi) is 3.82. The molecule has 2 aromatic heterocycles. The number of piperidine rings is 1. The fraction of sp³-hybridized carbons (Fsp3) is 0.381. The standard InChI is InChI=1S/C21H21FN4O/c1-14-17-4-3-16(22)12-18(17)25-20(24-14)15-2-5-19(23-13-15)26-9-6-21(7-10-26)8-11-27-21/h2-5,12-13H,6-11H2,1H3. The zero-order chi connectivity index (χ0) is 18.4. The third-order valence-corrected chi connectivity index (χ3v) is 5.82. The number of anilines is 1. The smallest absolute Gasteiger partial charge is 0.161 e. The van der Waals surface area contributed by atoms with Crippen molar-refractivity contribution in [1.29, 1.82) is 0 Å². The highest BCUT2D eigenvalue weighted by Crippen LogP contribution is 2.37. The minimum Gasteiger partial charge on any atom is -0.375 e. The van der Waals surface area contributed by atoms with Crippen molar-refractivity contribution >= 4 is 16.7 Å². The molecule has 0 atom stereocenters. The summed E-state index contributed by atoms with van der Waals surface area (Å²) in [6.45, 7) is 4.76. The van der Waals surface area contributed by atoms with Crippen molar-refractivity contribution in [3.8, 4) is 11.4 Å². The number of aromatic nitrogens is 3. The zero-order valence-electron chi connectivity index (χ0n) is 15.3. The van der Waals surface area contributed by atoms with Crippen molar-refractivity contribution in [1.82, 2.24) is 15.0 Å². The summed E-state index contributed by atoms with van der Waals surface area (Å²) in [4.78, 5) is 16.0. The van der Waals surface area contributed by atoms with Gasteiger partial charge in [0.15, 0.2) is 5.82 Å². The average molecular weight is 364 g/mol. The molecule has 0 radical (unpaired) electrons. The topological polar surface area (TPSA) is 51.1 Å². The van der Waals surface area contributed by atoms with Gasteiger partial charge in [-0.2, -0.15) is 0 Å². The first kappa shape index (κ1) is 16.6. The Morgan fingerprint density at radius 1 is 1.07 bits per heavy atom. The van der Waals surface area contributed by atoms with E-state index >= 15 is 0 Å². The first-order chi connectivity index (χ1) is 13.1. The van der Waals surface area contributed by atoms with E-state index in [1.807, 2.05) is 19.1 Å². The third kappa shape index (κ3) is 2.94. The van der Waals surface area contributed by atoms with E-state index in [1.165, 1.54) is 18.6 Å². The van der Waals surface area contributed by atoms with Crippen LogP contribution >= 0.6 is 0 Å². The second-order valence-electron chi connectivity index (χ2n) is 7.47. The Morgan fingerprint density at radius 2 is 1.89 bits per heavy atom. The first-order valence-corrected chi connectivity index (χ1v) is 9.41. The number of hydrogen-bond donors (Lipinski definition) is 0. The molecule has 1 spiro atoms. The van der Waals surface area contributed by atoms with Crippen LogP contribution in [0.4, 0.5) is 10.2 Å². The quantitative estimate of drug-likeness (QED) is 0.690. The molecular weight excluding hydrogens is 343 g/mol. The van der Waals surface area contributed by atoms with E-state index in [1.54, 1.807) is 12.3 Å². The summed E-state index contributed by atoms with van der Waals surface area (Å²) < 4.78 is 19.3. The number of halogens is 1. The summed E-state index contributed by atoms with van der Waals surface area (Å²) in [5, 5.41) is 0.866. The second-order valence-corrected chi connectivity index (χ2v) is 7.47. The molecule has 138 valence electrons. The number of hydrogen-bond acceptors (Lipinski definition) is 5. The molecule has 2 aliphatic heterocycles. The van der Waals surface area contributed by atoms with E-state index in [-0.39, 0.29) is 11.4 Å². The van der Waals surface area contributed by atoms with Crippen molar-refractivity contribution in [3.63, 3.8) is 0 Å². The van der Waals surface area contributed by atoms with Crippen LogP contribution in [0, 0.1) is 12.7 Å². The van der Waals surface area contributed by atoms with Crippen LogP contribution in [0.15, 0.2) is 36.5 Å². The summed E-state index contributed by atoms with van der Waals surface area (Å²) in [5.41, 5.74) is 2.43. The first-order valence-electron chi connectivity index (χ1n) is 9.41. The van der Waals surface area contributed by atoms with Gasteiger partial charge in [0.25, 0.3) is 0 Å². The van der Waals surface area contributed by atoms with Crippen molar-refractivity contribution < 1.29 is 9.13 Å². The molecule has 27 heavy (non-hydrogen) atoms. The van der Waals surface area contributed by atoms with Crippen LogP contribution in [-0.4, -0.2) is 40.2 Å². The van der Waals surface area contributed by atoms with Gasteiger partial charge in [-0.1, -0.05) is 0 Å². The summed E-state index contributed by atoms with van der Waals surface area (Å²) in [5.74, 6) is 1.25. The fourth-order valence-corrected chi connectivity index (χ4v) is 4.02. The van der Waals surface area contributed by atoms with Gasteiger partial charge >= 0.3 is 0 Å². The molecule has 2 aliphatic rings. The lowest BCUT2D eigenvalue weighted by atomic mass is 9.84. The van der Waals surface area contributed by atoms with Crippen LogP contribution in [0.25, 0.3) is 22.3 Å². The van der Waals surface area contributed by atoms with Gasteiger partial charge in [-0.3, -0.25) is 0 Å². The molecule has 0 bridgehead atoms. The number of rotatable bonds is 2. The van der Waals surface area contributed by atoms with Gasteiger partial charge in [-0.05, 0) is 50.5 Å². The molecule has 3 aromatic rings. The van der Waals surface area contributed by atoms with E-state index in [4.69, 9.17) is 4.74 Å². The number of aryl methyl sites for hydroxylation is 1. The van der Waals surface area contributed by atoms with Gasteiger partial charge in [-0.25, -0.2) is 19.3 Å². The molecule has 0 aliphatic carbocycles. The molecule has 5 rings (SSSR count). The summed E-state index contributed by atoms with van der Waals surface area (Å²) in [6, 6.07) is 8.61. The Labute approximate surface area is 157 Å². The fourth-order valence-electron chi connectivity index (χ4n) is 4.02. The van der Waals surface area contributed by atoms with E-state index in [0.29, 0.717) is 11.3 Å². The zero-order valence-corrected chi connectivity index (χ0v) is 15.3. The number of fused-ring (bicyclic) bond motifs is 1. The number of pyridine rings is 1. The molecule has 0 saturated carbocycles. The monoisotopic (exact) mass is 364 g/mol. The van der Waals surface area contributed by atoms with E-state index in [9.17, 15) is 4.39 Å². The molecular formula is C21H21FN4O. The van der Waals surface area contributed by atoms with Crippen LogP contribution in [0.5, 0.6) is 0 Å². The lowest BCUT2D eigenvalue weighted by molar-refractivity contribution is -0.158. The predicted octanol–water partition coefficient (Wildman–Crippen LogP) is 3.90. The average Bonchev–Trinajstić information content (AvgIpc) is 2.66. The highest BCUT2D eigenvalue weighted by Gasteiger charge is 2.41. The summed E-state index contributed by atoms with van der Waals surface area (Å²) >= 11 is 0. The van der Waals surface area contributed by atoms with Crippen LogP contribution in [0.3, 0.4) is 0 Å². The molecule has 6 heteroatoms. The molecule has 0 unspecified atom stereocenters. The molecule has 0 N–H and O–H groups in total. The van der Waals surface area contributed by atoms with E-state index in [2.05, 4.69) is 19.9 Å². The largest absolute Gasteiger partial charge is 0.375 e. The van der Waals surface area contributed by atoms with E-state index < -0.39 is 0 Å². The van der Waals surface area contributed by atoms with Gasteiger partial charge in [0.1, 0.15) is 11.6 Å². The Morgan fingerprint density at radius 3 is 2.56 bits per heavy atom. The Hall–Kier alpha value is -2.60. The minimum atomic E-state index is -0.293. The highest BCUT2D eigenvalue weighted by molar-refractivity contribution is 5.82. The number of benzene rings is 1. The summed E-state index contributed by atoms with van der Waals surface area (Å²) in [6.07, 6.45) is 5.12. The molecule has 5 nitrogen and oxygen atoms in total. The maximum atomic E-state index is 13.6. The lowest BCUT2D eigenvalue weighted by Gasteiger charge is -2.47. The van der Waals surface area contributed by atoms with Gasteiger partial charge < -0.3 is 9.64 Å². The maximum absolute atomic E-state index is 13.6. The maximum Gasteiger partial charge on any atom is 0.161 e. The van der Waals surface area contributed by atoms with Gasteiger partial charge in [0, 0.05) is 42.0 Å². The van der Waals surface area contributed by atoms with Gasteiger partial charge in [0.2, 0.25) is 0 Å². The second kappa shape index (κ2) is 6.23. The van der Waals surface area contributed by atoms with Crippen molar-refractivity contribution in [3.05, 3.63) is 48.0 Å². The minimum absolute atomic E-state index is 0.141. The van der Waals surface area contributed by atoms with Crippen molar-refractivity contribution in [2.75, 3.05) is 24.6 Å². The predicted molar refractivity (Wildman–Crippen MR) is 102 cm³/mol. The van der Waals surface area contributed by atoms with Crippen molar-refractivity contribution in [2.24, 2.45) is 0 Å². The lowest BCUT2D eigenvalue weighted by Crippen LogP contribution is -2.52. The summed E-state index contributed by atoms with van der Waals surface area (Å²) in [7, 11) is 0. The van der Waals surface area contributed by atoms with Crippen LogP contribution < -0.4 is 4.90 Å². The molecule has 0 amide bonds. The van der Waals surface area contributed by atoms with Gasteiger partial charge in [-0.15, -0.1) is 0 Å². The third-order valence-electron chi connectivity index (χ3n) is 5.82. The van der Waals surface area contributed by atoms with Gasteiger partial charge in [0.05, 0.1) is 17.7 Å². The van der Waals surface area contributed by atoms with Crippen molar-refractivity contribution in [2.45, 2.75) is 31.8 Å². The molecule has 2 fully saturated rings. The molecule has 4 heterocycles. The Balaban J connectivity index is 1.39. The number of nitrogens with zero attached hydrogens (tertiary/aromatic N) is 4. The molecule has 1 aromatic carbocycles. The van der Waals surface area contributed by atoms with E-state index in [0.717, 1.165) is 55.0 Å². The Bertz CT molecular complexity index is 991. The molecule has 2 saturated heterocycles. The van der Waals surface area contributed by atoms with Crippen LogP contribution in [0.2, 0.25) is 0 Å². The van der Waals surface area contributed by atoms with Crippen LogP contribution in [0.1, 0.15) is 25.0 Å². The number of ether oxygens (including phenoxy) is 1. The normalized spacial score (nSPS) is 18.7. The SMILES string of the molecule is Cc1nc(-c2ccc(N3CCC4(CCO4)CC3)nc2)nc2cc(F)ccc12.